The number of anilines is 1. The number of amides is 1. The average molecular weight is 340 g/mol. The van der Waals surface area contributed by atoms with E-state index in [9.17, 15) is 14.3 Å². The van der Waals surface area contributed by atoms with Gasteiger partial charge in [0, 0.05) is 11.1 Å². The minimum Gasteiger partial charge on any atom is -0.508 e. The van der Waals surface area contributed by atoms with Gasteiger partial charge in [-0.05, 0) is 37.6 Å². The first kappa shape index (κ1) is 16.5. The van der Waals surface area contributed by atoms with Crippen molar-refractivity contribution in [2.24, 2.45) is 5.73 Å². The highest BCUT2D eigenvalue weighted by atomic mass is 19.1. The standard InChI is InChI=1S/C18H17FN4O2/c1-9-7-8-13(24)10(2)16(9)23-17(20)14(18(21)25)15(22-23)11-5-3-4-6-12(11)19/h3-8,24H,20H2,1-2H3,(H2,21,25). The van der Waals surface area contributed by atoms with Gasteiger partial charge in [-0.25, -0.2) is 9.07 Å². The van der Waals surface area contributed by atoms with Gasteiger partial charge in [0.15, 0.2) is 0 Å². The van der Waals surface area contributed by atoms with Crippen molar-refractivity contribution in [1.82, 2.24) is 9.78 Å². The second-order valence-corrected chi connectivity index (χ2v) is 5.74. The lowest BCUT2D eigenvalue weighted by Crippen LogP contribution is -2.14. The number of benzene rings is 2. The van der Waals surface area contributed by atoms with Gasteiger partial charge in [0.05, 0.1) is 5.69 Å². The van der Waals surface area contributed by atoms with Crippen LogP contribution in [0.25, 0.3) is 16.9 Å². The first-order chi connectivity index (χ1) is 11.8. The molecule has 0 aliphatic rings. The van der Waals surface area contributed by atoms with Crippen molar-refractivity contribution in [2.45, 2.75) is 13.8 Å². The second-order valence-electron chi connectivity index (χ2n) is 5.74. The number of rotatable bonds is 3. The number of aromatic nitrogens is 2. The van der Waals surface area contributed by atoms with Gasteiger partial charge in [-0.3, -0.25) is 4.79 Å². The topological polar surface area (TPSA) is 107 Å². The van der Waals surface area contributed by atoms with Gasteiger partial charge in [0.1, 0.15) is 28.6 Å². The normalized spacial score (nSPS) is 10.8. The Kier molecular flexibility index (Phi) is 3.92. The van der Waals surface area contributed by atoms with Crippen LogP contribution in [0.2, 0.25) is 0 Å². The van der Waals surface area contributed by atoms with Gasteiger partial charge >= 0.3 is 0 Å². The molecular formula is C18H17FN4O2. The summed E-state index contributed by atoms with van der Waals surface area (Å²) in [6.07, 6.45) is 0. The highest BCUT2D eigenvalue weighted by molar-refractivity contribution is 6.03. The molecule has 0 saturated carbocycles. The number of aromatic hydroxyl groups is 1. The van der Waals surface area contributed by atoms with Crippen LogP contribution in [0.1, 0.15) is 21.5 Å². The molecule has 0 atom stereocenters. The monoisotopic (exact) mass is 340 g/mol. The maximum atomic E-state index is 14.2. The van der Waals surface area contributed by atoms with Crippen LogP contribution in [-0.2, 0) is 0 Å². The Balaban J connectivity index is 2.36. The number of carbonyl (C=O) groups is 1. The molecule has 0 spiro atoms. The summed E-state index contributed by atoms with van der Waals surface area (Å²) in [7, 11) is 0. The summed E-state index contributed by atoms with van der Waals surface area (Å²) in [4.78, 5) is 11.9. The third-order valence-electron chi connectivity index (χ3n) is 4.11. The predicted molar refractivity (Wildman–Crippen MR) is 93.0 cm³/mol. The lowest BCUT2D eigenvalue weighted by Gasteiger charge is -2.12. The number of hydrogen-bond acceptors (Lipinski definition) is 4. The molecule has 3 aromatic rings. The second kappa shape index (κ2) is 5.94. The Labute approximate surface area is 143 Å². The number of primary amides is 1. The summed E-state index contributed by atoms with van der Waals surface area (Å²) in [6.45, 7) is 3.51. The summed E-state index contributed by atoms with van der Waals surface area (Å²) < 4.78 is 15.5. The Morgan fingerprint density at radius 3 is 2.52 bits per heavy atom. The number of carbonyl (C=O) groups excluding carboxylic acids is 1. The molecule has 1 aromatic heterocycles. The van der Waals surface area contributed by atoms with Crippen LogP contribution >= 0.6 is 0 Å². The van der Waals surface area contributed by atoms with Crippen LogP contribution < -0.4 is 11.5 Å². The molecule has 0 aliphatic heterocycles. The molecule has 1 amide bonds. The maximum absolute atomic E-state index is 14.2. The van der Waals surface area contributed by atoms with Crippen molar-refractivity contribution < 1.29 is 14.3 Å². The summed E-state index contributed by atoms with van der Waals surface area (Å²) in [5.41, 5.74) is 13.5. The van der Waals surface area contributed by atoms with E-state index >= 15 is 0 Å². The minimum atomic E-state index is -0.808. The molecule has 0 bridgehead atoms. The van der Waals surface area contributed by atoms with E-state index in [0.717, 1.165) is 5.56 Å². The van der Waals surface area contributed by atoms with Crippen LogP contribution in [0.15, 0.2) is 36.4 Å². The number of aryl methyl sites for hydroxylation is 1. The number of nitrogens with two attached hydrogens (primary N) is 2. The number of halogens is 1. The average Bonchev–Trinajstić information content (AvgIpc) is 2.89. The van der Waals surface area contributed by atoms with Crippen molar-refractivity contribution in [3.63, 3.8) is 0 Å². The van der Waals surface area contributed by atoms with E-state index in [4.69, 9.17) is 11.5 Å². The Morgan fingerprint density at radius 1 is 1.20 bits per heavy atom. The third kappa shape index (κ3) is 2.59. The van der Waals surface area contributed by atoms with Crippen LogP contribution in [0.3, 0.4) is 0 Å². The zero-order chi connectivity index (χ0) is 18.3. The number of nitrogen functional groups attached to an aromatic ring is 1. The van der Waals surface area contributed by atoms with E-state index in [1.807, 2.05) is 6.92 Å². The number of nitrogens with zero attached hydrogens (tertiary/aromatic N) is 2. The molecule has 7 heteroatoms. The number of phenols is 1. The predicted octanol–water partition coefficient (Wildman–Crippen LogP) is 2.68. The molecule has 6 nitrogen and oxygen atoms in total. The lowest BCUT2D eigenvalue weighted by atomic mass is 10.1. The van der Waals surface area contributed by atoms with Gasteiger partial charge < -0.3 is 16.6 Å². The fraction of sp³-hybridized carbons (Fsp3) is 0.111. The molecule has 3 rings (SSSR count). The van der Waals surface area contributed by atoms with Crippen LogP contribution in [0.5, 0.6) is 5.75 Å². The van der Waals surface area contributed by atoms with E-state index < -0.39 is 11.7 Å². The van der Waals surface area contributed by atoms with E-state index in [1.54, 1.807) is 25.1 Å². The van der Waals surface area contributed by atoms with E-state index in [-0.39, 0.29) is 28.4 Å². The van der Waals surface area contributed by atoms with E-state index in [1.165, 1.54) is 22.9 Å². The molecule has 1 heterocycles. The molecule has 0 radical (unpaired) electrons. The lowest BCUT2D eigenvalue weighted by molar-refractivity contribution is 0.100. The molecular weight excluding hydrogens is 323 g/mol. The largest absolute Gasteiger partial charge is 0.508 e. The Bertz CT molecular complexity index is 995. The highest BCUT2D eigenvalue weighted by Gasteiger charge is 2.25. The summed E-state index contributed by atoms with van der Waals surface area (Å²) >= 11 is 0. The van der Waals surface area contributed by atoms with Crippen molar-refractivity contribution in [3.05, 3.63) is 58.9 Å². The van der Waals surface area contributed by atoms with E-state index in [2.05, 4.69) is 5.10 Å². The first-order valence-electron chi connectivity index (χ1n) is 7.55. The highest BCUT2D eigenvalue weighted by Crippen LogP contribution is 2.34. The van der Waals surface area contributed by atoms with Crippen molar-refractivity contribution in [1.29, 1.82) is 0 Å². The van der Waals surface area contributed by atoms with Gasteiger partial charge in [0.25, 0.3) is 5.91 Å². The van der Waals surface area contributed by atoms with Crippen LogP contribution in [0, 0.1) is 19.7 Å². The third-order valence-corrected chi connectivity index (χ3v) is 4.11. The van der Waals surface area contributed by atoms with Crippen molar-refractivity contribution >= 4 is 11.7 Å². The van der Waals surface area contributed by atoms with Gasteiger partial charge in [-0.2, -0.15) is 5.10 Å². The molecule has 25 heavy (non-hydrogen) atoms. The fourth-order valence-electron chi connectivity index (χ4n) is 2.84. The van der Waals surface area contributed by atoms with Gasteiger partial charge in [-0.1, -0.05) is 18.2 Å². The summed E-state index contributed by atoms with van der Waals surface area (Å²) in [5.74, 6) is -1.30. The van der Waals surface area contributed by atoms with Crippen molar-refractivity contribution in [2.75, 3.05) is 5.73 Å². The molecule has 2 aromatic carbocycles. The molecule has 0 saturated heterocycles. The fourth-order valence-corrected chi connectivity index (χ4v) is 2.84. The van der Waals surface area contributed by atoms with Crippen LogP contribution in [-0.4, -0.2) is 20.8 Å². The molecule has 128 valence electrons. The van der Waals surface area contributed by atoms with Gasteiger partial charge in [-0.15, -0.1) is 0 Å². The molecule has 5 N–H and O–H groups in total. The summed E-state index contributed by atoms with van der Waals surface area (Å²) in [5, 5.41) is 14.3. The summed E-state index contributed by atoms with van der Waals surface area (Å²) in [6, 6.07) is 9.18. The van der Waals surface area contributed by atoms with E-state index in [0.29, 0.717) is 11.3 Å². The quantitative estimate of drug-likeness (QED) is 0.681. The molecule has 0 fully saturated rings. The number of phenolic OH excluding ortho intramolecular Hbond substituents is 1. The molecule has 0 aliphatic carbocycles. The maximum Gasteiger partial charge on any atom is 0.254 e. The van der Waals surface area contributed by atoms with Crippen molar-refractivity contribution in [3.8, 4) is 22.7 Å². The van der Waals surface area contributed by atoms with Gasteiger partial charge in [0.2, 0.25) is 0 Å². The zero-order valence-corrected chi connectivity index (χ0v) is 13.7. The number of hydrogen-bond donors (Lipinski definition) is 3. The smallest absolute Gasteiger partial charge is 0.254 e. The Hall–Kier alpha value is -3.35. The molecule has 0 unspecified atom stereocenters. The Morgan fingerprint density at radius 2 is 1.88 bits per heavy atom. The zero-order valence-electron chi connectivity index (χ0n) is 13.7. The van der Waals surface area contributed by atoms with Crippen LogP contribution in [0.4, 0.5) is 10.2 Å². The SMILES string of the molecule is Cc1ccc(O)c(C)c1-n1nc(-c2ccccc2F)c(C(N)=O)c1N. The first-order valence-corrected chi connectivity index (χ1v) is 7.55. The minimum absolute atomic E-state index is 0.0115.